The van der Waals surface area contributed by atoms with Crippen molar-refractivity contribution in [2.24, 2.45) is 0 Å². The Morgan fingerprint density at radius 1 is 0.921 bits per heavy atom. The zero-order chi connectivity index (χ0) is 26.9. The number of ether oxygens (including phenoxy) is 1. The van der Waals surface area contributed by atoms with Gasteiger partial charge in [0.15, 0.2) is 6.61 Å². The predicted octanol–water partition coefficient (Wildman–Crippen LogP) is 6.53. The van der Waals surface area contributed by atoms with Crippen LogP contribution in [0.5, 0.6) is 5.75 Å². The highest BCUT2D eigenvalue weighted by molar-refractivity contribution is 9.10. The van der Waals surface area contributed by atoms with Crippen molar-refractivity contribution in [1.82, 2.24) is 10.2 Å². The van der Waals surface area contributed by atoms with Crippen LogP contribution in [0.2, 0.25) is 0 Å². The molecule has 3 aromatic rings. The molecule has 5 nitrogen and oxygen atoms in total. The number of halogens is 1. The quantitative estimate of drug-likeness (QED) is 0.298. The van der Waals surface area contributed by atoms with Crippen molar-refractivity contribution < 1.29 is 14.3 Å². The fourth-order valence-corrected chi connectivity index (χ4v) is 5.18. The Labute approximate surface area is 234 Å². The molecule has 2 amide bonds. The SMILES string of the molecule is Cc1ccc(OCC(=O)N(Cc2ccc(Br)cc2)[C@@H](Cc2ccccc2)C(=O)NC2CCCCC2)cc1C. The normalized spacial score (nSPS) is 14.5. The average molecular weight is 578 g/mol. The highest BCUT2D eigenvalue weighted by Crippen LogP contribution is 2.21. The maximum absolute atomic E-state index is 13.8. The molecule has 0 unspecified atom stereocenters. The molecule has 200 valence electrons. The molecule has 0 aromatic heterocycles. The smallest absolute Gasteiger partial charge is 0.261 e. The number of hydrogen-bond donors (Lipinski definition) is 1. The van der Waals surface area contributed by atoms with Gasteiger partial charge in [-0.15, -0.1) is 0 Å². The fraction of sp³-hybridized carbons (Fsp3) is 0.375. The van der Waals surface area contributed by atoms with E-state index in [4.69, 9.17) is 4.74 Å². The minimum absolute atomic E-state index is 0.0996. The lowest BCUT2D eigenvalue weighted by Crippen LogP contribution is -2.53. The first-order valence-corrected chi connectivity index (χ1v) is 14.3. The summed E-state index contributed by atoms with van der Waals surface area (Å²) in [6, 6.07) is 23.1. The maximum atomic E-state index is 13.8. The lowest BCUT2D eigenvalue weighted by molar-refractivity contribution is -0.143. The van der Waals surface area contributed by atoms with Crippen LogP contribution in [0.1, 0.15) is 54.4 Å². The first-order chi connectivity index (χ1) is 18.4. The van der Waals surface area contributed by atoms with Gasteiger partial charge in [0.1, 0.15) is 11.8 Å². The number of benzene rings is 3. The predicted molar refractivity (Wildman–Crippen MR) is 155 cm³/mol. The van der Waals surface area contributed by atoms with Gasteiger partial charge in [-0.05, 0) is 73.2 Å². The largest absolute Gasteiger partial charge is 0.484 e. The highest BCUT2D eigenvalue weighted by Gasteiger charge is 2.32. The summed E-state index contributed by atoms with van der Waals surface area (Å²) >= 11 is 3.49. The van der Waals surface area contributed by atoms with Crippen LogP contribution in [-0.2, 0) is 22.6 Å². The van der Waals surface area contributed by atoms with Crippen LogP contribution in [0.25, 0.3) is 0 Å². The van der Waals surface area contributed by atoms with Crippen LogP contribution < -0.4 is 10.1 Å². The first-order valence-electron chi connectivity index (χ1n) is 13.5. The molecule has 0 aliphatic heterocycles. The summed E-state index contributed by atoms with van der Waals surface area (Å²) in [5, 5.41) is 3.28. The van der Waals surface area contributed by atoms with Gasteiger partial charge in [0.2, 0.25) is 5.91 Å². The van der Waals surface area contributed by atoms with E-state index in [-0.39, 0.29) is 24.5 Å². The molecule has 38 heavy (non-hydrogen) atoms. The van der Waals surface area contributed by atoms with Crippen LogP contribution >= 0.6 is 15.9 Å². The van der Waals surface area contributed by atoms with Crippen LogP contribution in [0.4, 0.5) is 0 Å². The Hall–Kier alpha value is -3.12. The van der Waals surface area contributed by atoms with E-state index >= 15 is 0 Å². The Balaban J connectivity index is 1.60. The van der Waals surface area contributed by atoms with Gasteiger partial charge in [-0.25, -0.2) is 0 Å². The van der Waals surface area contributed by atoms with Gasteiger partial charge in [0.05, 0.1) is 0 Å². The molecule has 1 saturated carbocycles. The number of carbonyl (C=O) groups is 2. The summed E-state index contributed by atoms with van der Waals surface area (Å²) < 4.78 is 6.91. The van der Waals surface area contributed by atoms with E-state index < -0.39 is 6.04 Å². The summed E-state index contributed by atoms with van der Waals surface area (Å²) in [6.07, 6.45) is 5.87. The number of nitrogens with one attached hydrogen (secondary N) is 1. The lowest BCUT2D eigenvalue weighted by atomic mass is 9.94. The number of rotatable bonds is 10. The number of nitrogens with zero attached hydrogens (tertiary/aromatic N) is 1. The van der Waals surface area contributed by atoms with Gasteiger partial charge < -0.3 is 15.0 Å². The summed E-state index contributed by atoms with van der Waals surface area (Å²) in [7, 11) is 0. The molecule has 6 heteroatoms. The van der Waals surface area contributed by atoms with E-state index in [1.54, 1.807) is 4.90 Å². The van der Waals surface area contributed by atoms with Crippen molar-refractivity contribution in [1.29, 1.82) is 0 Å². The second-order valence-corrected chi connectivity index (χ2v) is 11.1. The molecule has 1 fully saturated rings. The van der Waals surface area contributed by atoms with Crippen molar-refractivity contribution >= 4 is 27.7 Å². The molecule has 0 heterocycles. The Morgan fingerprint density at radius 2 is 1.63 bits per heavy atom. The minimum atomic E-state index is -0.654. The zero-order valence-corrected chi connectivity index (χ0v) is 23.9. The van der Waals surface area contributed by atoms with E-state index in [2.05, 4.69) is 21.2 Å². The molecule has 1 atom stereocenters. The molecule has 4 rings (SSSR count). The number of hydrogen-bond acceptors (Lipinski definition) is 3. The van der Waals surface area contributed by atoms with Crippen molar-refractivity contribution in [3.63, 3.8) is 0 Å². The molecule has 1 aliphatic rings. The standard InChI is InChI=1S/C32H37BrN2O3/c1-23-13-18-29(19-24(23)2)38-22-31(36)35(21-26-14-16-27(33)17-15-26)30(20-25-9-5-3-6-10-25)32(37)34-28-11-7-4-8-12-28/h3,5-6,9-10,13-19,28,30H,4,7-8,11-12,20-22H2,1-2H3,(H,34,37)/t30-/m0/s1. The maximum Gasteiger partial charge on any atom is 0.261 e. The molecule has 0 spiro atoms. The lowest BCUT2D eigenvalue weighted by Gasteiger charge is -2.33. The van der Waals surface area contributed by atoms with Gasteiger partial charge in [-0.1, -0.05) is 83.7 Å². The summed E-state index contributed by atoms with van der Waals surface area (Å²) in [4.78, 5) is 29.3. The molecule has 0 radical (unpaired) electrons. The second-order valence-electron chi connectivity index (χ2n) is 10.2. The van der Waals surface area contributed by atoms with Crippen molar-refractivity contribution in [3.05, 3.63) is 99.5 Å². The number of amides is 2. The summed E-state index contributed by atoms with van der Waals surface area (Å²) in [6.45, 7) is 4.25. The molecule has 0 saturated heterocycles. The Kier molecular flexibility index (Phi) is 9.99. The van der Waals surface area contributed by atoms with Gasteiger partial charge >= 0.3 is 0 Å². The molecular formula is C32H37BrN2O3. The third-order valence-electron chi connectivity index (χ3n) is 7.33. The molecule has 3 aromatic carbocycles. The third-order valence-corrected chi connectivity index (χ3v) is 7.86. The Morgan fingerprint density at radius 3 is 2.32 bits per heavy atom. The topological polar surface area (TPSA) is 58.6 Å². The van der Waals surface area contributed by atoms with E-state index in [0.717, 1.165) is 46.8 Å². The summed E-state index contributed by atoms with van der Waals surface area (Å²) in [5.74, 6) is 0.333. The van der Waals surface area contributed by atoms with E-state index in [9.17, 15) is 9.59 Å². The van der Waals surface area contributed by atoms with Crippen LogP contribution in [-0.4, -0.2) is 35.4 Å². The fourth-order valence-electron chi connectivity index (χ4n) is 4.92. The summed E-state index contributed by atoms with van der Waals surface area (Å²) in [5.41, 5.74) is 4.24. The van der Waals surface area contributed by atoms with Gasteiger partial charge in [-0.2, -0.15) is 0 Å². The monoisotopic (exact) mass is 576 g/mol. The van der Waals surface area contributed by atoms with E-state index in [1.165, 1.54) is 12.0 Å². The molecular weight excluding hydrogens is 540 g/mol. The van der Waals surface area contributed by atoms with Crippen molar-refractivity contribution in [2.75, 3.05) is 6.61 Å². The van der Waals surface area contributed by atoms with Crippen molar-refractivity contribution in [3.8, 4) is 5.75 Å². The zero-order valence-electron chi connectivity index (χ0n) is 22.3. The van der Waals surface area contributed by atoms with Crippen LogP contribution in [0.3, 0.4) is 0 Å². The number of carbonyl (C=O) groups excluding carboxylic acids is 2. The van der Waals surface area contributed by atoms with Gasteiger partial charge in [-0.3, -0.25) is 9.59 Å². The van der Waals surface area contributed by atoms with Gasteiger partial charge in [0.25, 0.3) is 5.91 Å². The van der Waals surface area contributed by atoms with Crippen LogP contribution in [0.15, 0.2) is 77.3 Å². The average Bonchev–Trinajstić information content (AvgIpc) is 2.93. The van der Waals surface area contributed by atoms with Crippen molar-refractivity contribution in [2.45, 2.75) is 71.0 Å². The highest BCUT2D eigenvalue weighted by atomic mass is 79.9. The second kappa shape index (κ2) is 13.6. The molecule has 1 aliphatic carbocycles. The van der Waals surface area contributed by atoms with E-state index in [0.29, 0.717) is 18.7 Å². The van der Waals surface area contributed by atoms with E-state index in [1.807, 2.05) is 86.6 Å². The molecule has 0 bridgehead atoms. The third kappa shape index (κ3) is 7.94. The number of aryl methyl sites for hydroxylation is 2. The van der Waals surface area contributed by atoms with Crippen LogP contribution in [0, 0.1) is 13.8 Å². The molecule has 1 N–H and O–H groups in total. The first kappa shape index (κ1) is 27.9. The Bertz CT molecular complexity index is 1210. The minimum Gasteiger partial charge on any atom is -0.484 e. The van der Waals surface area contributed by atoms with Gasteiger partial charge in [0, 0.05) is 23.5 Å².